The lowest BCUT2D eigenvalue weighted by molar-refractivity contribution is -0.121. The van der Waals surface area contributed by atoms with E-state index in [9.17, 15) is 14.4 Å². The van der Waals surface area contributed by atoms with E-state index in [4.69, 9.17) is 21.1 Å². The Bertz CT molecular complexity index is 740. The molecule has 0 atom stereocenters. The molecule has 2 aliphatic heterocycles. The second-order valence-electron chi connectivity index (χ2n) is 5.22. The maximum absolute atomic E-state index is 12.8. The standard InChI is InChI=1S/C16H15ClN2O5/c1-23-16(22)10-4-2-3-5-11(10)19-14(20)12(17)13(15(19)21)18-6-8-24-9-7-18/h2-5H,6-9H2,1H3. The number of morpholine rings is 1. The molecule has 3 rings (SSSR count). The second kappa shape index (κ2) is 6.62. The maximum atomic E-state index is 12.8. The van der Waals surface area contributed by atoms with Crippen LogP contribution >= 0.6 is 11.6 Å². The van der Waals surface area contributed by atoms with Crippen molar-refractivity contribution in [1.82, 2.24) is 4.90 Å². The van der Waals surface area contributed by atoms with Gasteiger partial charge in [-0.05, 0) is 12.1 Å². The molecule has 0 aliphatic carbocycles. The monoisotopic (exact) mass is 350 g/mol. The fourth-order valence-electron chi connectivity index (χ4n) is 2.72. The summed E-state index contributed by atoms with van der Waals surface area (Å²) in [4.78, 5) is 39.9. The molecule has 24 heavy (non-hydrogen) atoms. The van der Waals surface area contributed by atoms with E-state index in [1.807, 2.05) is 0 Å². The van der Waals surface area contributed by atoms with Crippen LogP contribution in [0.5, 0.6) is 0 Å². The van der Waals surface area contributed by atoms with Gasteiger partial charge in [0.05, 0.1) is 31.6 Å². The van der Waals surface area contributed by atoms with Crippen molar-refractivity contribution < 1.29 is 23.9 Å². The zero-order valence-corrected chi connectivity index (χ0v) is 13.7. The Morgan fingerprint density at radius 3 is 2.50 bits per heavy atom. The summed E-state index contributed by atoms with van der Waals surface area (Å²) in [6.07, 6.45) is 0. The summed E-state index contributed by atoms with van der Waals surface area (Å²) in [5, 5.41) is -0.151. The van der Waals surface area contributed by atoms with Gasteiger partial charge in [-0.2, -0.15) is 0 Å². The lowest BCUT2D eigenvalue weighted by Crippen LogP contribution is -2.40. The van der Waals surface area contributed by atoms with Crippen molar-refractivity contribution in [3.8, 4) is 0 Å². The minimum Gasteiger partial charge on any atom is -0.465 e. The maximum Gasteiger partial charge on any atom is 0.339 e. The average Bonchev–Trinajstić information content (AvgIpc) is 2.84. The van der Waals surface area contributed by atoms with Crippen molar-refractivity contribution in [2.45, 2.75) is 0 Å². The first-order valence-electron chi connectivity index (χ1n) is 7.35. The molecule has 7 nitrogen and oxygen atoms in total. The van der Waals surface area contributed by atoms with Gasteiger partial charge in [-0.3, -0.25) is 9.59 Å². The van der Waals surface area contributed by atoms with Gasteiger partial charge >= 0.3 is 5.97 Å². The minimum absolute atomic E-state index is 0.120. The smallest absolute Gasteiger partial charge is 0.339 e. The molecule has 1 aromatic rings. The quantitative estimate of drug-likeness (QED) is 0.601. The summed E-state index contributed by atoms with van der Waals surface area (Å²) >= 11 is 6.14. The van der Waals surface area contributed by atoms with Gasteiger partial charge in [0, 0.05) is 13.1 Å². The lowest BCUT2D eigenvalue weighted by Gasteiger charge is -2.29. The molecule has 0 saturated carbocycles. The molecule has 2 amide bonds. The molecule has 0 N–H and O–H groups in total. The Balaban J connectivity index is 1.99. The van der Waals surface area contributed by atoms with Crippen LogP contribution in [-0.2, 0) is 19.1 Å². The highest BCUT2D eigenvalue weighted by molar-refractivity contribution is 6.52. The number of imide groups is 1. The van der Waals surface area contributed by atoms with Gasteiger partial charge in [-0.1, -0.05) is 23.7 Å². The Morgan fingerprint density at radius 1 is 1.17 bits per heavy atom. The number of amides is 2. The average molecular weight is 351 g/mol. The van der Waals surface area contributed by atoms with Gasteiger partial charge in [0.2, 0.25) is 0 Å². The van der Waals surface area contributed by atoms with Crippen molar-refractivity contribution >= 4 is 35.1 Å². The number of nitrogens with zero attached hydrogens (tertiary/aromatic N) is 2. The molecule has 8 heteroatoms. The van der Waals surface area contributed by atoms with Crippen LogP contribution < -0.4 is 4.90 Å². The molecule has 0 unspecified atom stereocenters. The van der Waals surface area contributed by atoms with E-state index in [1.54, 1.807) is 17.0 Å². The summed E-state index contributed by atoms with van der Waals surface area (Å²) in [5.41, 5.74) is 0.416. The summed E-state index contributed by atoms with van der Waals surface area (Å²) in [6.45, 7) is 1.84. The van der Waals surface area contributed by atoms with Gasteiger partial charge in [0.25, 0.3) is 11.8 Å². The summed E-state index contributed by atoms with van der Waals surface area (Å²) < 4.78 is 9.97. The van der Waals surface area contributed by atoms with Crippen LogP contribution in [0.15, 0.2) is 35.0 Å². The van der Waals surface area contributed by atoms with Crippen LogP contribution in [0.3, 0.4) is 0 Å². The van der Waals surface area contributed by atoms with Crippen molar-refractivity contribution in [3.05, 3.63) is 40.6 Å². The van der Waals surface area contributed by atoms with Gasteiger partial charge in [-0.15, -0.1) is 0 Å². The van der Waals surface area contributed by atoms with Crippen LogP contribution in [0.2, 0.25) is 0 Å². The Hall–Kier alpha value is -2.38. The number of para-hydroxylation sites is 1. The Labute approximate surface area is 143 Å². The van der Waals surface area contributed by atoms with Crippen LogP contribution in [-0.4, -0.2) is 56.1 Å². The predicted octanol–water partition coefficient (Wildman–Crippen LogP) is 1.13. The molecule has 0 radical (unpaired) electrons. The topological polar surface area (TPSA) is 76.2 Å². The zero-order valence-electron chi connectivity index (χ0n) is 13.0. The van der Waals surface area contributed by atoms with Crippen molar-refractivity contribution in [2.24, 2.45) is 0 Å². The fourth-order valence-corrected chi connectivity index (χ4v) is 3.01. The first-order valence-corrected chi connectivity index (χ1v) is 7.72. The molecule has 1 saturated heterocycles. The number of halogens is 1. The van der Waals surface area contributed by atoms with E-state index in [2.05, 4.69) is 0 Å². The molecule has 2 aliphatic rings. The van der Waals surface area contributed by atoms with Gasteiger partial charge in [-0.25, -0.2) is 9.69 Å². The first-order chi connectivity index (χ1) is 11.6. The molecule has 0 spiro atoms. The number of hydrogen-bond acceptors (Lipinski definition) is 6. The summed E-state index contributed by atoms with van der Waals surface area (Å²) in [5.74, 6) is -1.84. The second-order valence-corrected chi connectivity index (χ2v) is 5.59. The highest BCUT2D eigenvalue weighted by Crippen LogP contribution is 2.33. The first kappa shape index (κ1) is 16.5. The minimum atomic E-state index is -0.653. The van der Waals surface area contributed by atoms with E-state index >= 15 is 0 Å². The van der Waals surface area contributed by atoms with Crippen molar-refractivity contribution in [3.63, 3.8) is 0 Å². The van der Waals surface area contributed by atoms with Gasteiger partial charge < -0.3 is 14.4 Å². The van der Waals surface area contributed by atoms with E-state index in [1.165, 1.54) is 19.2 Å². The number of carbonyl (C=O) groups excluding carboxylic acids is 3. The van der Waals surface area contributed by atoms with Gasteiger partial charge in [0.1, 0.15) is 10.7 Å². The van der Waals surface area contributed by atoms with Crippen molar-refractivity contribution in [2.75, 3.05) is 38.3 Å². The molecule has 1 fully saturated rings. The predicted molar refractivity (Wildman–Crippen MR) is 85.5 cm³/mol. The third-order valence-corrected chi connectivity index (χ3v) is 4.22. The molecule has 0 aromatic heterocycles. The third kappa shape index (κ3) is 2.65. The number of benzene rings is 1. The number of carbonyl (C=O) groups is 3. The van der Waals surface area contributed by atoms with E-state index in [0.29, 0.717) is 26.3 Å². The van der Waals surface area contributed by atoms with Crippen LogP contribution in [0.4, 0.5) is 5.69 Å². The molecule has 2 heterocycles. The zero-order chi connectivity index (χ0) is 17.3. The van der Waals surface area contributed by atoms with Crippen LogP contribution in [0, 0.1) is 0 Å². The lowest BCUT2D eigenvalue weighted by atomic mass is 10.1. The SMILES string of the molecule is COC(=O)c1ccccc1N1C(=O)C(Cl)=C(N2CCOCC2)C1=O. The molecular formula is C16H15ClN2O5. The van der Waals surface area contributed by atoms with Crippen LogP contribution in [0.25, 0.3) is 0 Å². The van der Waals surface area contributed by atoms with E-state index in [-0.39, 0.29) is 22.0 Å². The highest BCUT2D eigenvalue weighted by atomic mass is 35.5. The van der Waals surface area contributed by atoms with Crippen LogP contribution in [0.1, 0.15) is 10.4 Å². The number of rotatable bonds is 3. The number of anilines is 1. The van der Waals surface area contributed by atoms with Crippen molar-refractivity contribution in [1.29, 1.82) is 0 Å². The molecule has 126 valence electrons. The molecule has 1 aromatic carbocycles. The molecular weight excluding hydrogens is 336 g/mol. The number of methoxy groups -OCH3 is 1. The number of esters is 1. The summed E-state index contributed by atoms with van der Waals surface area (Å²) in [6, 6.07) is 6.25. The molecule has 0 bridgehead atoms. The number of hydrogen-bond donors (Lipinski definition) is 0. The number of ether oxygens (including phenoxy) is 2. The van der Waals surface area contributed by atoms with E-state index in [0.717, 1.165) is 4.90 Å². The normalized spacial score (nSPS) is 18.4. The Kier molecular flexibility index (Phi) is 4.55. The largest absolute Gasteiger partial charge is 0.465 e. The fraction of sp³-hybridized carbons (Fsp3) is 0.312. The Morgan fingerprint density at radius 2 is 1.83 bits per heavy atom. The third-order valence-electron chi connectivity index (χ3n) is 3.88. The highest BCUT2D eigenvalue weighted by Gasteiger charge is 2.42. The van der Waals surface area contributed by atoms with Gasteiger partial charge in [0.15, 0.2) is 0 Å². The van der Waals surface area contributed by atoms with E-state index < -0.39 is 17.8 Å². The summed E-state index contributed by atoms with van der Waals surface area (Å²) in [7, 11) is 1.23.